The van der Waals surface area contributed by atoms with Crippen LogP contribution in [0.2, 0.25) is 0 Å². The number of aryl methyl sites for hydroxylation is 1. The quantitative estimate of drug-likeness (QED) is 0.755. The number of nitrogens with one attached hydrogen (secondary N) is 1. The maximum atomic E-state index is 13.2. The van der Waals surface area contributed by atoms with E-state index in [1.165, 1.54) is 0 Å². The number of ether oxygens (including phenoxy) is 1. The van der Waals surface area contributed by atoms with E-state index >= 15 is 0 Å². The molecule has 166 valence electrons. The van der Waals surface area contributed by atoms with Crippen molar-refractivity contribution < 1.29 is 18.8 Å². The van der Waals surface area contributed by atoms with Gasteiger partial charge >= 0.3 is 0 Å². The third-order valence-corrected chi connectivity index (χ3v) is 6.33. The second kappa shape index (κ2) is 9.62. The summed E-state index contributed by atoms with van der Waals surface area (Å²) in [6, 6.07) is 11.7. The Morgan fingerprint density at radius 3 is 2.45 bits per heavy atom. The van der Waals surface area contributed by atoms with Crippen molar-refractivity contribution in [3.05, 3.63) is 53.4 Å². The lowest BCUT2D eigenvalue weighted by atomic mass is 9.73. The Kier molecular flexibility index (Phi) is 6.67. The van der Waals surface area contributed by atoms with E-state index in [-0.39, 0.29) is 11.8 Å². The third kappa shape index (κ3) is 4.80. The lowest BCUT2D eigenvalue weighted by Crippen LogP contribution is -2.52. The average Bonchev–Trinajstić information content (AvgIpc) is 3.26. The molecular formula is C23H30N4O4. The topological polar surface area (TPSA) is 87.9 Å². The highest BCUT2D eigenvalue weighted by molar-refractivity contribution is 5.92. The molecular weight excluding hydrogens is 396 g/mol. The van der Waals surface area contributed by atoms with E-state index in [1.54, 1.807) is 17.9 Å². The van der Waals surface area contributed by atoms with Crippen LogP contribution in [0.25, 0.3) is 0 Å². The van der Waals surface area contributed by atoms with E-state index in [0.717, 1.165) is 25.2 Å². The molecule has 2 amide bonds. The van der Waals surface area contributed by atoms with Gasteiger partial charge in [0.25, 0.3) is 5.91 Å². The van der Waals surface area contributed by atoms with Gasteiger partial charge in [0.05, 0.1) is 5.41 Å². The maximum absolute atomic E-state index is 13.2. The van der Waals surface area contributed by atoms with E-state index in [0.29, 0.717) is 57.1 Å². The van der Waals surface area contributed by atoms with Crippen LogP contribution in [-0.2, 0) is 14.9 Å². The maximum Gasteiger partial charge on any atom is 0.276 e. The van der Waals surface area contributed by atoms with Crippen molar-refractivity contribution in [2.24, 2.45) is 0 Å². The molecule has 1 aromatic carbocycles. The third-order valence-electron chi connectivity index (χ3n) is 6.33. The van der Waals surface area contributed by atoms with Gasteiger partial charge in [0.1, 0.15) is 5.76 Å². The molecule has 4 rings (SSSR count). The zero-order valence-electron chi connectivity index (χ0n) is 18.0. The number of piperazine rings is 1. The first-order valence-electron chi connectivity index (χ1n) is 10.9. The molecule has 8 heteroatoms. The Bertz CT molecular complexity index is 884. The summed E-state index contributed by atoms with van der Waals surface area (Å²) in [6.45, 7) is 7.16. The van der Waals surface area contributed by atoms with Gasteiger partial charge in [-0.3, -0.25) is 14.5 Å². The molecule has 2 aliphatic heterocycles. The van der Waals surface area contributed by atoms with Crippen molar-refractivity contribution in [2.45, 2.75) is 25.2 Å². The highest BCUT2D eigenvalue weighted by Crippen LogP contribution is 2.35. The van der Waals surface area contributed by atoms with Gasteiger partial charge in [0.2, 0.25) is 5.91 Å². The number of rotatable bonds is 6. The number of aromatic nitrogens is 1. The summed E-state index contributed by atoms with van der Waals surface area (Å²) in [4.78, 5) is 29.8. The molecule has 0 atom stereocenters. The molecule has 2 aromatic rings. The second-order valence-electron chi connectivity index (χ2n) is 8.27. The molecule has 3 heterocycles. The normalized spacial score (nSPS) is 19.2. The highest BCUT2D eigenvalue weighted by atomic mass is 16.5. The Balaban J connectivity index is 1.26. The Hall–Kier alpha value is -2.71. The number of nitrogens with zero attached hydrogens (tertiary/aromatic N) is 3. The van der Waals surface area contributed by atoms with Crippen molar-refractivity contribution >= 4 is 11.8 Å². The van der Waals surface area contributed by atoms with Gasteiger partial charge in [0.15, 0.2) is 5.69 Å². The molecule has 2 fully saturated rings. The molecule has 31 heavy (non-hydrogen) atoms. The predicted octanol–water partition coefficient (Wildman–Crippen LogP) is 1.61. The van der Waals surface area contributed by atoms with Gasteiger partial charge in [-0.2, -0.15) is 0 Å². The molecule has 0 saturated carbocycles. The van der Waals surface area contributed by atoms with Gasteiger partial charge in [0, 0.05) is 58.5 Å². The van der Waals surface area contributed by atoms with Crippen LogP contribution in [0.15, 0.2) is 40.9 Å². The molecule has 0 unspecified atom stereocenters. The van der Waals surface area contributed by atoms with Crippen LogP contribution in [0.1, 0.15) is 34.7 Å². The monoisotopic (exact) mass is 426 g/mol. The summed E-state index contributed by atoms with van der Waals surface area (Å²) in [7, 11) is 0. The van der Waals surface area contributed by atoms with E-state index < -0.39 is 5.41 Å². The number of carbonyl (C=O) groups excluding carboxylic acids is 2. The molecule has 0 bridgehead atoms. The van der Waals surface area contributed by atoms with Crippen LogP contribution in [0.3, 0.4) is 0 Å². The number of hydrogen-bond acceptors (Lipinski definition) is 6. The van der Waals surface area contributed by atoms with Gasteiger partial charge in [-0.1, -0.05) is 35.5 Å². The first-order valence-corrected chi connectivity index (χ1v) is 10.9. The Morgan fingerprint density at radius 1 is 1.10 bits per heavy atom. The Morgan fingerprint density at radius 2 is 1.81 bits per heavy atom. The average molecular weight is 427 g/mol. The number of benzene rings is 1. The zero-order chi connectivity index (χ0) is 21.7. The van der Waals surface area contributed by atoms with Gasteiger partial charge in [-0.05, 0) is 25.3 Å². The summed E-state index contributed by atoms with van der Waals surface area (Å²) in [5.41, 5.74) is 0.910. The van der Waals surface area contributed by atoms with Crippen molar-refractivity contribution in [1.82, 2.24) is 20.3 Å². The standard InChI is InChI=1S/C23H30N4O4/c1-18-17-20(25-31-18)21(28)27-13-11-26(12-14-27)10-9-24-22(29)23(7-15-30-16-8-23)19-5-3-2-4-6-19/h2-6,17H,7-16H2,1H3,(H,24,29). The molecule has 1 N–H and O–H groups in total. The molecule has 2 saturated heterocycles. The van der Waals surface area contributed by atoms with E-state index in [4.69, 9.17) is 9.26 Å². The highest BCUT2D eigenvalue weighted by Gasteiger charge is 2.41. The lowest BCUT2D eigenvalue weighted by molar-refractivity contribution is -0.130. The summed E-state index contributed by atoms with van der Waals surface area (Å²) in [5.74, 6) is 0.627. The lowest BCUT2D eigenvalue weighted by Gasteiger charge is -2.37. The smallest absolute Gasteiger partial charge is 0.276 e. The van der Waals surface area contributed by atoms with E-state index in [9.17, 15) is 9.59 Å². The first-order chi connectivity index (χ1) is 15.1. The minimum absolute atomic E-state index is 0.0808. The summed E-state index contributed by atoms with van der Waals surface area (Å²) < 4.78 is 10.5. The Labute approximate surface area is 182 Å². The second-order valence-corrected chi connectivity index (χ2v) is 8.27. The summed E-state index contributed by atoms with van der Waals surface area (Å²) >= 11 is 0. The molecule has 2 aliphatic rings. The van der Waals surface area contributed by atoms with Crippen LogP contribution < -0.4 is 5.32 Å². The summed E-state index contributed by atoms with van der Waals surface area (Å²) in [5, 5.41) is 6.98. The molecule has 1 aromatic heterocycles. The SMILES string of the molecule is Cc1cc(C(=O)N2CCN(CCNC(=O)C3(c4ccccc4)CCOCC3)CC2)no1. The van der Waals surface area contributed by atoms with Crippen molar-refractivity contribution in [3.8, 4) is 0 Å². The van der Waals surface area contributed by atoms with Gasteiger partial charge < -0.3 is 19.5 Å². The van der Waals surface area contributed by atoms with E-state index in [1.807, 2.05) is 30.3 Å². The van der Waals surface area contributed by atoms with Crippen molar-refractivity contribution in [2.75, 3.05) is 52.5 Å². The van der Waals surface area contributed by atoms with Crippen molar-refractivity contribution in [3.63, 3.8) is 0 Å². The van der Waals surface area contributed by atoms with Crippen LogP contribution >= 0.6 is 0 Å². The molecule has 0 aliphatic carbocycles. The molecule has 8 nitrogen and oxygen atoms in total. The van der Waals surface area contributed by atoms with Gasteiger partial charge in [-0.25, -0.2) is 0 Å². The van der Waals surface area contributed by atoms with Crippen LogP contribution in [0.4, 0.5) is 0 Å². The number of amides is 2. The number of hydrogen-bond donors (Lipinski definition) is 1. The molecule has 0 radical (unpaired) electrons. The van der Waals surface area contributed by atoms with E-state index in [2.05, 4.69) is 15.4 Å². The first kappa shape index (κ1) is 21.5. The largest absolute Gasteiger partial charge is 0.381 e. The van der Waals surface area contributed by atoms with Gasteiger partial charge in [-0.15, -0.1) is 0 Å². The summed E-state index contributed by atoms with van der Waals surface area (Å²) in [6.07, 6.45) is 1.40. The fourth-order valence-electron chi connectivity index (χ4n) is 4.42. The fourth-order valence-corrected chi connectivity index (χ4v) is 4.42. The fraction of sp³-hybridized carbons (Fsp3) is 0.522. The van der Waals surface area contributed by atoms with Crippen LogP contribution in [0, 0.1) is 6.92 Å². The number of carbonyl (C=O) groups is 2. The predicted molar refractivity (Wildman–Crippen MR) is 115 cm³/mol. The van der Waals surface area contributed by atoms with Crippen LogP contribution in [-0.4, -0.2) is 79.3 Å². The minimum atomic E-state index is -0.514. The van der Waals surface area contributed by atoms with Crippen LogP contribution in [0.5, 0.6) is 0 Å². The minimum Gasteiger partial charge on any atom is -0.381 e. The van der Waals surface area contributed by atoms with Crippen molar-refractivity contribution in [1.29, 1.82) is 0 Å². The molecule has 0 spiro atoms. The zero-order valence-corrected chi connectivity index (χ0v) is 18.0.